The van der Waals surface area contributed by atoms with Crippen LogP contribution in [-0.4, -0.2) is 39.0 Å². The Kier molecular flexibility index (Phi) is 4.84. The maximum Gasteiger partial charge on any atom is 0.141 e. The van der Waals surface area contributed by atoms with Gasteiger partial charge in [0, 0.05) is 12.1 Å². The maximum absolute atomic E-state index is 9.99. The fraction of sp³-hybridized carbons (Fsp3) is 0.318. The summed E-state index contributed by atoms with van der Waals surface area (Å²) in [5, 5.41) is 23.8. The Labute approximate surface area is 169 Å². The molecule has 4 rings (SSSR count). The number of hydrogen-bond acceptors (Lipinski definition) is 7. The molecule has 0 aliphatic heterocycles. The summed E-state index contributed by atoms with van der Waals surface area (Å²) in [6.07, 6.45) is 3.95. The van der Waals surface area contributed by atoms with Gasteiger partial charge in [-0.25, -0.2) is 9.97 Å². The molecule has 1 aromatic heterocycles. The summed E-state index contributed by atoms with van der Waals surface area (Å²) in [6, 6.07) is 11.8. The average Bonchev–Trinajstić information content (AvgIpc) is 3.49. The number of ether oxygens (including phenoxy) is 1. The minimum atomic E-state index is -0.928. The minimum Gasteiger partial charge on any atom is -0.490 e. The van der Waals surface area contributed by atoms with E-state index in [2.05, 4.69) is 15.3 Å². The van der Waals surface area contributed by atoms with Crippen molar-refractivity contribution in [3.63, 3.8) is 0 Å². The largest absolute Gasteiger partial charge is 0.490 e. The Bertz CT molecular complexity index is 1070. The first-order chi connectivity index (χ1) is 13.8. The summed E-state index contributed by atoms with van der Waals surface area (Å²) in [6.45, 7) is 3.66. The lowest BCUT2D eigenvalue weighted by molar-refractivity contribution is 0.0944. The minimum absolute atomic E-state index is 0.219. The van der Waals surface area contributed by atoms with Gasteiger partial charge in [-0.15, -0.1) is 0 Å². The Morgan fingerprint density at radius 1 is 1.21 bits per heavy atom. The van der Waals surface area contributed by atoms with E-state index in [4.69, 9.17) is 15.9 Å². The Hall–Kier alpha value is -3.19. The van der Waals surface area contributed by atoms with Crippen LogP contribution in [0.2, 0.25) is 0 Å². The van der Waals surface area contributed by atoms with Gasteiger partial charge in [-0.1, -0.05) is 18.2 Å². The van der Waals surface area contributed by atoms with Gasteiger partial charge >= 0.3 is 0 Å². The number of nitrogens with two attached hydrogens (primary N) is 1. The normalized spacial score (nSPS) is 14.0. The second-order valence-electron chi connectivity index (χ2n) is 8.06. The Balaban J connectivity index is 1.64. The molecule has 3 aromatic rings. The molecule has 0 amide bonds. The molecule has 1 aliphatic rings. The molecular weight excluding hydrogens is 366 g/mol. The molecule has 7 heteroatoms. The molecule has 2 aromatic carbocycles. The van der Waals surface area contributed by atoms with Gasteiger partial charge in [0.05, 0.1) is 23.0 Å². The summed E-state index contributed by atoms with van der Waals surface area (Å²) < 4.78 is 5.86. The molecule has 7 nitrogen and oxygen atoms in total. The van der Waals surface area contributed by atoms with E-state index in [-0.39, 0.29) is 18.1 Å². The van der Waals surface area contributed by atoms with Gasteiger partial charge in [0.25, 0.3) is 0 Å². The van der Waals surface area contributed by atoms with E-state index in [0.29, 0.717) is 23.0 Å². The van der Waals surface area contributed by atoms with Crippen LogP contribution in [0.3, 0.4) is 0 Å². The number of anilines is 2. The van der Waals surface area contributed by atoms with E-state index in [9.17, 15) is 5.11 Å². The van der Waals surface area contributed by atoms with Gasteiger partial charge in [0.1, 0.15) is 23.7 Å². The summed E-state index contributed by atoms with van der Waals surface area (Å²) >= 11 is 0. The fourth-order valence-corrected chi connectivity index (χ4v) is 3.06. The van der Waals surface area contributed by atoms with Crippen LogP contribution in [0.5, 0.6) is 5.75 Å². The van der Waals surface area contributed by atoms with Crippen molar-refractivity contribution in [2.24, 2.45) is 0 Å². The van der Waals surface area contributed by atoms with E-state index >= 15 is 0 Å². The van der Waals surface area contributed by atoms with E-state index in [1.54, 1.807) is 13.8 Å². The number of aliphatic hydroxyl groups is 1. The highest BCUT2D eigenvalue weighted by atomic mass is 16.5. The summed E-state index contributed by atoms with van der Waals surface area (Å²) in [7, 11) is 0. The highest BCUT2D eigenvalue weighted by Crippen LogP contribution is 2.30. The number of fused-ring (bicyclic) bond motifs is 1. The SMILES string of the molecule is CC(C)(O)CNc1ncnc(N)c1C(=N)c1ccc2cc(OC3CC3)ccc2c1. The van der Waals surface area contributed by atoms with Crippen LogP contribution in [0.25, 0.3) is 10.8 Å². The number of rotatable bonds is 7. The molecule has 1 saturated carbocycles. The third-order valence-corrected chi connectivity index (χ3v) is 4.74. The first kappa shape index (κ1) is 19.1. The van der Waals surface area contributed by atoms with Crippen molar-refractivity contribution in [2.75, 3.05) is 17.6 Å². The molecule has 0 unspecified atom stereocenters. The lowest BCUT2D eigenvalue weighted by atomic mass is 9.99. The average molecular weight is 391 g/mol. The molecular formula is C22H25N5O2. The highest BCUT2D eigenvalue weighted by Gasteiger charge is 2.23. The third-order valence-electron chi connectivity index (χ3n) is 4.74. The first-order valence-electron chi connectivity index (χ1n) is 9.67. The van der Waals surface area contributed by atoms with Gasteiger partial charge < -0.3 is 20.9 Å². The molecule has 1 aliphatic carbocycles. The molecule has 0 bridgehead atoms. The van der Waals surface area contributed by atoms with Crippen molar-refractivity contribution in [2.45, 2.75) is 38.4 Å². The number of benzene rings is 2. The number of nitrogen functional groups attached to an aromatic ring is 1. The second-order valence-corrected chi connectivity index (χ2v) is 8.06. The van der Waals surface area contributed by atoms with Crippen molar-refractivity contribution in [3.8, 4) is 5.75 Å². The zero-order valence-corrected chi connectivity index (χ0v) is 16.6. The zero-order valence-electron chi connectivity index (χ0n) is 16.6. The number of nitrogens with zero attached hydrogens (tertiary/aromatic N) is 2. The Morgan fingerprint density at radius 2 is 1.93 bits per heavy atom. The lowest BCUT2D eigenvalue weighted by Gasteiger charge is -2.20. The summed E-state index contributed by atoms with van der Waals surface area (Å²) in [5.74, 6) is 1.52. The van der Waals surface area contributed by atoms with Crippen molar-refractivity contribution in [3.05, 3.63) is 53.9 Å². The van der Waals surface area contributed by atoms with E-state index in [1.807, 2.05) is 36.4 Å². The molecule has 0 radical (unpaired) electrons. The van der Waals surface area contributed by atoms with Crippen molar-refractivity contribution in [1.82, 2.24) is 9.97 Å². The monoisotopic (exact) mass is 391 g/mol. The number of aromatic nitrogens is 2. The molecule has 0 saturated heterocycles. The first-order valence-corrected chi connectivity index (χ1v) is 9.67. The van der Waals surface area contributed by atoms with Crippen molar-refractivity contribution < 1.29 is 9.84 Å². The van der Waals surface area contributed by atoms with Crippen LogP contribution in [0.1, 0.15) is 37.8 Å². The molecule has 0 atom stereocenters. The quantitative estimate of drug-likeness (QED) is 0.459. The van der Waals surface area contributed by atoms with Gasteiger partial charge in [-0.2, -0.15) is 0 Å². The Morgan fingerprint density at radius 3 is 2.66 bits per heavy atom. The predicted octanol–water partition coefficient (Wildman–Crippen LogP) is 3.35. The number of nitrogens with one attached hydrogen (secondary N) is 2. The van der Waals surface area contributed by atoms with Crippen molar-refractivity contribution >= 4 is 28.1 Å². The highest BCUT2D eigenvalue weighted by molar-refractivity contribution is 6.17. The zero-order chi connectivity index (χ0) is 20.6. The van der Waals surface area contributed by atoms with E-state index in [0.717, 1.165) is 29.4 Å². The van der Waals surface area contributed by atoms with Gasteiger partial charge in [0.2, 0.25) is 0 Å². The lowest BCUT2D eigenvalue weighted by Crippen LogP contribution is -2.30. The second kappa shape index (κ2) is 7.33. The van der Waals surface area contributed by atoms with Gasteiger partial charge in [-0.3, -0.25) is 5.41 Å². The van der Waals surface area contributed by atoms with E-state index in [1.165, 1.54) is 6.33 Å². The van der Waals surface area contributed by atoms with Crippen LogP contribution in [-0.2, 0) is 0 Å². The molecule has 1 heterocycles. The smallest absolute Gasteiger partial charge is 0.141 e. The molecule has 5 N–H and O–H groups in total. The van der Waals surface area contributed by atoms with Crippen molar-refractivity contribution in [1.29, 1.82) is 5.41 Å². The molecule has 1 fully saturated rings. The van der Waals surface area contributed by atoms with Crippen LogP contribution >= 0.6 is 0 Å². The molecule has 150 valence electrons. The summed E-state index contributed by atoms with van der Waals surface area (Å²) in [5.41, 5.74) is 6.50. The van der Waals surface area contributed by atoms with Gasteiger partial charge in [-0.05, 0) is 55.7 Å². The number of hydrogen-bond donors (Lipinski definition) is 4. The topological polar surface area (TPSA) is 117 Å². The van der Waals surface area contributed by atoms with Crippen LogP contribution in [0.4, 0.5) is 11.6 Å². The standard InChI is InChI=1S/C22H25N5O2/c1-22(2,28)11-25-21-18(20(24)26-12-27-21)19(23)15-4-3-14-10-17(29-16-7-8-16)6-5-13(14)9-15/h3-6,9-10,12,16,23,28H,7-8,11H2,1-2H3,(H3,24,25,26,27). The molecule has 29 heavy (non-hydrogen) atoms. The van der Waals surface area contributed by atoms with Crippen LogP contribution in [0.15, 0.2) is 42.7 Å². The van der Waals surface area contributed by atoms with Gasteiger partial charge in [0.15, 0.2) is 0 Å². The fourth-order valence-electron chi connectivity index (χ4n) is 3.06. The summed E-state index contributed by atoms with van der Waals surface area (Å²) in [4.78, 5) is 8.27. The third kappa shape index (κ3) is 4.46. The van der Waals surface area contributed by atoms with E-state index < -0.39 is 5.60 Å². The maximum atomic E-state index is 9.99. The van der Waals surface area contributed by atoms with Crippen LogP contribution < -0.4 is 15.8 Å². The predicted molar refractivity (Wildman–Crippen MR) is 115 cm³/mol. The van der Waals surface area contributed by atoms with Crippen LogP contribution in [0, 0.1) is 5.41 Å². The molecule has 0 spiro atoms.